The van der Waals surface area contributed by atoms with E-state index in [2.05, 4.69) is 9.55 Å². The van der Waals surface area contributed by atoms with Gasteiger partial charge in [0.2, 0.25) is 5.91 Å². The highest BCUT2D eigenvalue weighted by atomic mass is 35.5. The van der Waals surface area contributed by atoms with Gasteiger partial charge in [-0.2, -0.15) is 0 Å². The predicted octanol–water partition coefficient (Wildman–Crippen LogP) is 5.55. The van der Waals surface area contributed by atoms with Crippen LogP contribution in [-0.4, -0.2) is 69.7 Å². The number of esters is 1. The van der Waals surface area contributed by atoms with Gasteiger partial charge in [0, 0.05) is 38.6 Å². The van der Waals surface area contributed by atoms with Crippen LogP contribution in [0.3, 0.4) is 0 Å². The Kier molecular flexibility index (Phi) is 12.6. The number of rotatable bonds is 14. The van der Waals surface area contributed by atoms with Gasteiger partial charge in [0.25, 0.3) is 0 Å². The number of methoxy groups -OCH3 is 1. The molecule has 12 heteroatoms. The molecular formula is C32H41Cl2N5O5. The summed E-state index contributed by atoms with van der Waals surface area (Å²) in [5.74, 6) is 1.11. The van der Waals surface area contributed by atoms with E-state index < -0.39 is 11.6 Å². The maximum atomic E-state index is 12.8. The number of imidazole rings is 1. The Bertz CT molecular complexity index is 1570. The fourth-order valence-electron chi connectivity index (χ4n) is 4.95. The minimum atomic E-state index is -0.584. The second-order valence-electron chi connectivity index (χ2n) is 11.3. The van der Waals surface area contributed by atoms with Crippen molar-refractivity contribution in [3.8, 4) is 5.75 Å². The minimum Gasteiger partial charge on any atom is -0.482 e. The molecule has 0 aliphatic rings. The number of carbonyl (C=O) groups is 2. The van der Waals surface area contributed by atoms with Crippen molar-refractivity contribution in [3.05, 3.63) is 59.9 Å². The number of fused-ring (bicyclic) bond motifs is 3. The molecule has 2 aromatic heterocycles. The van der Waals surface area contributed by atoms with E-state index in [1.54, 1.807) is 38.8 Å². The van der Waals surface area contributed by atoms with E-state index in [1.165, 1.54) is 0 Å². The van der Waals surface area contributed by atoms with Crippen LogP contribution >= 0.6 is 24.0 Å². The van der Waals surface area contributed by atoms with Crippen LogP contribution in [0.4, 0.5) is 5.82 Å². The van der Waals surface area contributed by atoms with Crippen LogP contribution in [0.15, 0.2) is 48.5 Å². The van der Waals surface area contributed by atoms with E-state index in [4.69, 9.17) is 36.5 Å². The van der Waals surface area contributed by atoms with Gasteiger partial charge in [0.15, 0.2) is 12.4 Å². The van der Waals surface area contributed by atoms with Crippen molar-refractivity contribution in [2.75, 3.05) is 38.5 Å². The summed E-state index contributed by atoms with van der Waals surface area (Å²) in [6.45, 7) is 7.35. The Balaban J connectivity index is 0.00000529. The Hall–Kier alpha value is -3.60. The van der Waals surface area contributed by atoms with Crippen molar-refractivity contribution < 1.29 is 23.8 Å². The van der Waals surface area contributed by atoms with E-state index in [9.17, 15) is 9.59 Å². The number of benzene rings is 2. The standard InChI is InChI=1S/C32H40ClN5O5.ClH/c1-32(2,3)43-28(40)21-42-23-11-9-10-22(18-23)20-37(27(39)19-33)15-7-8-16-38-26(14-17-41-4)36-29-30(38)24-12-5-6-13-25(24)35-31(29)34;/h5-6,9-13,18H,7-8,14-17,19-21H2,1-4H3,(H2,34,35);1H. The summed E-state index contributed by atoms with van der Waals surface area (Å²) in [5.41, 5.74) is 9.08. The molecule has 4 rings (SSSR count). The summed E-state index contributed by atoms with van der Waals surface area (Å²) >= 11 is 5.97. The molecule has 0 bridgehead atoms. The highest BCUT2D eigenvalue weighted by molar-refractivity contribution is 6.27. The molecule has 0 aliphatic carbocycles. The van der Waals surface area contributed by atoms with Crippen molar-refractivity contribution in [1.29, 1.82) is 0 Å². The molecule has 1 amide bonds. The van der Waals surface area contributed by atoms with Crippen LogP contribution in [0.25, 0.3) is 21.9 Å². The van der Waals surface area contributed by atoms with Gasteiger partial charge in [-0.3, -0.25) is 4.79 Å². The minimum absolute atomic E-state index is 0. The molecule has 10 nitrogen and oxygen atoms in total. The zero-order chi connectivity index (χ0) is 31.0. The summed E-state index contributed by atoms with van der Waals surface area (Å²) in [5, 5.41) is 0.996. The number of nitrogens with two attached hydrogens (primary N) is 1. The van der Waals surface area contributed by atoms with E-state index >= 15 is 0 Å². The molecule has 44 heavy (non-hydrogen) atoms. The molecule has 2 heterocycles. The highest BCUT2D eigenvalue weighted by Gasteiger charge is 2.19. The van der Waals surface area contributed by atoms with Gasteiger partial charge < -0.3 is 29.4 Å². The summed E-state index contributed by atoms with van der Waals surface area (Å²) in [7, 11) is 1.67. The summed E-state index contributed by atoms with van der Waals surface area (Å²) in [6.07, 6.45) is 2.19. The van der Waals surface area contributed by atoms with Crippen molar-refractivity contribution in [2.24, 2.45) is 0 Å². The van der Waals surface area contributed by atoms with Gasteiger partial charge in [0.05, 0.1) is 17.6 Å². The first-order valence-corrected chi connectivity index (χ1v) is 14.9. The number of anilines is 1. The molecule has 0 radical (unpaired) electrons. The highest BCUT2D eigenvalue weighted by Crippen LogP contribution is 2.29. The number of aryl methyl sites for hydroxylation is 1. The van der Waals surface area contributed by atoms with Crippen LogP contribution in [0, 0.1) is 0 Å². The Labute approximate surface area is 269 Å². The molecule has 0 unspecified atom stereocenters. The summed E-state index contributed by atoms with van der Waals surface area (Å²) < 4.78 is 18.5. The summed E-state index contributed by atoms with van der Waals surface area (Å²) in [6, 6.07) is 15.3. The Morgan fingerprint density at radius 2 is 1.84 bits per heavy atom. The first-order valence-electron chi connectivity index (χ1n) is 14.4. The number of aromatic nitrogens is 3. The molecule has 0 fully saturated rings. The van der Waals surface area contributed by atoms with E-state index in [0.29, 0.717) is 49.7 Å². The topological polar surface area (TPSA) is 122 Å². The van der Waals surface area contributed by atoms with Crippen molar-refractivity contribution in [3.63, 3.8) is 0 Å². The quantitative estimate of drug-likeness (QED) is 0.108. The van der Waals surface area contributed by atoms with Gasteiger partial charge in [-0.05, 0) is 57.4 Å². The first-order chi connectivity index (χ1) is 20.6. The first kappa shape index (κ1) is 34.9. The zero-order valence-electron chi connectivity index (χ0n) is 25.7. The van der Waals surface area contributed by atoms with E-state index in [-0.39, 0.29) is 30.8 Å². The molecular weight excluding hydrogens is 605 g/mol. The lowest BCUT2D eigenvalue weighted by molar-refractivity contribution is -0.157. The van der Waals surface area contributed by atoms with Crippen LogP contribution in [0.1, 0.15) is 45.0 Å². The normalized spacial score (nSPS) is 11.4. The lowest BCUT2D eigenvalue weighted by atomic mass is 10.1. The number of hydrogen-bond donors (Lipinski definition) is 1. The number of halogens is 2. The molecule has 2 N–H and O–H groups in total. The molecule has 4 aromatic rings. The molecule has 0 aliphatic heterocycles. The maximum Gasteiger partial charge on any atom is 0.344 e. The van der Waals surface area contributed by atoms with Gasteiger partial charge >= 0.3 is 5.97 Å². The fraction of sp³-hybridized carbons (Fsp3) is 0.438. The van der Waals surface area contributed by atoms with Crippen molar-refractivity contribution in [1.82, 2.24) is 19.4 Å². The van der Waals surface area contributed by atoms with E-state index in [0.717, 1.165) is 40.6 Å². The third kappa shape index (κ3) is 9.20. The fourth-order valence-corrected chi connectivity index (χ4v) is 5.12. The van der Waals surface area contributed by atoms with Gasteiger partial charge in [-0.15, -0.1) is 24.0 Å². The molecule has 0 atom stereocenters. The number of nitrogens with zero attached hydrogens (tertiary/aromatic N) is 4. The predicted molar refractivity (Wildman–Crippen MR) is 175 cm³/mol. The number of unbranched alkanes of at least 4 members (excludes halogenated alkanes) is 1. The van der Waals surface area contributed by atoms with Crippen LogP contribution in [-0.2, 0) is 38.6 Å². The molecule has 0 spiro atoms. The smallest absolute Gasteiger partial charge is 0.344 e. The van der Waals surface area contributed by atoms with Crippen molar-refractivity contribution >= 4 is 63.6 Å². The molecule has 0 saturated heterocycles. The zero-order valence-corrected chi connectivity index (χ0v) is 27.2. The monoisotopic (exact) mass is 645 g/mol. The number of hydrogen-bond acceptors (Lipinski definition) is 8. The van der Waals surface area contributed by atoms with E-state index in [1.807, 2.05) is 42.5 Å². The summed E-state index contributed by atoms with van der Waals surface area (Å²) in [4.78, 5) is 35.9. The van der Waals surface area contributed by atoms with Crippen molar-refractivity contribution in [2.45, 2.75) is 58.7 Å². The number of amides is 1. The number of para-hydroxylation sites is 1. The molecule has 2 aromatic carbocycles. The largest absolute Gasteiger partial charge is 0.482 e. The number of pyridine rings is 1. The van der Waals surface area contributed by atoms with Gasteiger partial charge in [0.1, 0.15) is 28.6 Å². The average Bonchev–Trinajstić information content (AvgIpc) is 3.34. The maximum absolute atomic E-state index is 12.8. The van der Waals surface area contributed by atoms with Crippen LogP contribution in [0.2, 0.25) is 0 Å². The average molecular weight is 647 g/mol. The second kappa shape index (κ2) is 15.9. The Morgan fingerprint density at radius 1 is 1.07 bits per heavy atom. The number of ether oxygens (including phenoxy) is 3. The van der Waals surface area contributed by atoms with Gasteiger partial charge in [-0.25, -0.2) is 14.8 Å². The Morgan fingerprint density at radius 3 is 2.57 bits per heavy atom. The lowest BCUT2D eigenvalue weighted by Gasteiger charge is -2.23. The number of carbonyl (C=O) groups excluding carboxylic acids is 2. The third-order valence-electron chi connectivity index (χ3n) is 6.79. The second-order valence-corrected chi connectivity index (χ2v) is 11.6. The molecule has 0 saturated carbocycles. The lowest BCUT2D eigenvalue weighted by Crippen LogP contribution is -2.32. The number of nitrogen functional groups attached to an aromatic ring is 1. The third-order valence-corrected chi connectivity index (χ3v) is 7.02. The van der Waals surface area contributed by atoms with Crippen LogP contribution in [0.5, 0.6) is 5.75 Å². The molecule has 238 valence electrons. The SMILES string of the molecule is COCCc1nc2c(N)nc3ccccc3c2n1CCCCN(Cc1cccc(OCC(=O)OC(C)(C)C)c1)C(=O)CCl.Cl. The van der Waals surface area contributed by atoms with Crippen LogP contribution < -0.4 is 10.5 Å². The number of alkyl halides is 1. The van der Waals surface area contributed by atoms with Gasteiger partial charge in [-0.1, -0.05) is 30.3 Å².